The number of nitrogens with one attached hydrogen (secondary N) is 2. The molecule has 4 rings (SSSR count). The fraction of sp³-hybridized carbons (Fsp3) is 0.917. The van der Waals surface area contributed by atoms with Crippen molar-refractivity contribution in [3.63, 3.8) is 0 Å². The molecule has 6 N–H and O–H groups in total. The zero-order valence-electron chi connectivity index (χ0n) is 28.3. The zero-order chi connectivity index (χ0) is 32.9. The van der Waals surface area contributed by atoms with Crippen molar-refractivity contribution < 1.29 is 34.8 Å². The highest BCUT2D eigenvalue weighted by Crippen LogP contribution is 2.68. The van der Waals surface area contributed by atoms with E-state index < -0.39 is 24.2 Å². The predicted octanol–water partition coefficient (Wildman–Crippen LogP) is 4.80. The number of unbranched alkanes of at least 4 members (excludes halogenated alkanes) is 3. The quantitative estimate of drug-likeness (QED) is 0.141. The minimum Gasteiger partial charge on any atom is -0.480 e. The van der Waals surface area contributed by atoms with Crippen LogP contribution in [0.5, 0.6) is 0 Å². The van der Waals surface area contributed by atoms with E-state index in [1.807, 2.05) is 0 Å². The molecule has 45 heavy (non-hydrogen) atoms. The van der Waals surface area contributed by atoms with Gasteiger partial charge in [0, 0.05) is 19.4 Å². The number of fused-ring (bicyclic) bond motifs is 5. The van der Waals surface area contributed by atoms with Crippen molar-refractivity contribution in [1.82, 2.24) is 10.6 Å². The van der Waals surface area contributed by atoms with Gasteiger partial charge in [-0.25, -0.2) is 4.79 Å². The van der Waals surface area contributed by atoms with Gasteiger partial charge in [0.1, 0.15) is 6.04 Å². The molecule has 258 valence electrons. The van der Waals surface area contributed by atoms with Crippen molar-refractivity contribution in [2.24, 2.45) is 46.3 Å². The largest absolute Gasteiger partial charge is 0.480 e. The van der Waals surface area contributed by atoms with Crippen molar-refractivity contribution >= 4 is 17.8 Å². The molecule has 4 fully saturated rings. The Kier molecular flexibility index (Phi) is 12.4. The van der Waals surface area contributed by atoms with Crippen molar-refractivity contribution in [2.45, 2.75) is 155 Å². The van der Waals surface area contributed by atoms with Gasteiger partial charge in [0.25, 0.3) is 0 Å². The third-order valence-electron chi connectivity index (χ3n) is 13.2. The summed E-state index contributed by atoms with van der Waals surface area (Å²) in [6.07, 6.45) is 10.6. The molecular formula is C36H62N2O7. The number of carboxylic acid groups (broad SMARTS) is 1. The number of amides is 2. The molecule has 0 spiro atoms. The molecule has 12 atom stereocenters. The Balaban J connectivity index is 1.27. The molecule has 2 amide bonds. The molecule has 0 aromatic carbocycles. The summed E-state index contributed by atoms with van der Waals surface area (Å²) in [7, 11) is 0. The highest BCUT2D eigenvalue weighted by Gasteiger charge is 2.65. The van der Waals surface area contributed by atoms with E-state index in [9.17, 15) is 34.8 Å². The van der Waals surface area contributed by atoms with Gasteiger partial charge in [0.05, 0.1) is 18.3 Å². The van der Waals surface area contributed by atoms with Gasteiger partial charge in [-0.05, 0) is 123 Å². The lowest BCUT2D eigenvalue weighted by Crippen LogP contribution is -2.62. The third kappa shape index (κ3) is 7.89. The number of aliphatic carboxylic acids is 1. The monoisotopic (exact) mass is 634 g/mol. The number of carbonyl (C=O) groups excluding carboxylic acids is 2. The van der Waals surface area contributed by atoms with Crippen molar-refractivity contribution in [2.75, 3.05) is 6.54 Å². The van der Waals surface area contributed by atoms with E-state index in [0.29, 0.717) is 51.0 Å². The molecule has 0 saturated heterocycles. The van der Waals surface area contributed by atoms with E-state index in [4.69, 9.17) is 0 Å². The van der Waals surface area contributed by atoms with Gasteiger partial charge in [-0.15, -0.1) is 0 Å². The van der Waals surface area contributed by atoms with E-state index in [0.717, 1.165) is 57.8 Å². The molecule has 4 saturated carbocycles. The van der Waals surface area contributed by atoms with Gasteiger partial charge in [0.15, 0.2) is 0 Å². The molecule has 4 aliphatic rings. The molecular weight excluding hydrogens is 572 g/mol. The van der Waals surface area contributed by atoms with Crippen molar-refractivity contribution in [1.29, 1.82) is 0 Å². The van der Waals surface area contributed by atoms with E-state index in [2.05, 4.69) is 38.3 Å². The first-order valence-electron chi connectivity index (χ1n) is 18.2. The van der Waals surface area contributed by atoms with Gasteiger partial charge >= 0.3 is 5.97 Å². The number of carboxylic acids is 1. The molecule has 4 aliphatic carbocycles. The molecule has 0 radical (unpaired) electrons. The second kappa shape index (κ2) is 15.5. The molecule has 0 unspecified atom stereocenters. The first-order chi connectivity index (χ1) is 21.3. The Morgan fingerprint density at radius 1 is 0.867 bits per heavy atom. The van der Waals surface area contributed by atoms with E-state index >= 15 is 0 Å². The molecule has 0 aromatic rings. The Morgan fingerprint density at radius 3 is 2.33 bits per heavy atom. The Labute approximate surface area is 270 Å². The normalized spacial score (nSPS) is 38.7. The summed E-state index contributed by atoms with van der Waals surface area (Å²) >= 11 is 0. The van der Waals surface area contributed by atoms with Crippen LogP contribution in [0.25, 0.3) is 0 Å². The number of carbonyl (C=O) groups is 3. The second-order valence-corrected chi connectivity index (χ2v) is 15.8. The SMILES string of the molecule is CCCCCC(=O)NCCCC[C@H](NC(=O)CC[C@@H](C)[C@H]1CC[C@H]2[C@@H]3[C@H](O)C[C@@H]4C[C@H](O)CC[C@]4(C)[C@H]3C[C@H](O)[C@]12C)C(=O)O. The first kappa shape index (κ1) is 36.1. The number of aliphatic hydroxyl groups is 3. The summed E-state index contributed by atoms with van der Waals surface area (Å²) in [5, 5.41) is 49.0. The number of hydrogen-bond donors (Lipinski definition) is 6. The number of hydrogen-bond acceptors (Lipinski definition) is 6. The predicted molar refractivity (Wildman–Crippen MR) is 173 cm³/mol. The van der Waals surface area contributed by atoms with Crippen LogP contribution in [0.3, 0.4) is 0 Å². The van der Waals surface area contributed by atoms with E-state index in [1.165, 1.54) is 0 Å². The van der Waals surface area contributed by atoms with Crippen molar-refractivity contribution in [3.05, 3.63) is 0 Å². The van der Waals surface area contributed by atoms with Gasteiger partial charge in [0.2, 0.25) is 11.8 Å². The Bertz CT molecular complexity index is 1020. The first-order valence-corrected chi connectivity index (χ1v) is 18.2. The van der Waals surface area contributed by atoms with Crippen LogP contribution in [-0.4, -0.2) is 69.1 Å². The highest BCUT2D eigenvalue weighted by atomic mass is 16.4. The molecule has 9 nitrogen and oxygen atoms in total. The number of aliphatic hydroxyl groups excluding tert-OH is 3. The van der Waals surface area contributed by atoms with Gasteiger partial charge in [-0.3, -0.25) is 9.59 Å². The lowest BCUT2D eigenvalue weighted by Gasteiger charge is -2.63. The molecule has 0 bridgehead atoms. The summed E-state index contributed by atoms with van der Waals surface area (Å²) in [5.74, 6) is 0.0575. The summed E-state index contributed by atoms with van der Waals surface area (Å²) in [4.78, 5) is 36.6. The summed E-state index contributed by atoms with van der Waals surface area (Å²) < 4.78 is 0. The molecule has 0 aliphatic heterocycles. The van der Waals surface area contributed by atoms with Crippen LogP contribution in [-0.2, 0) is 14.4 Å². The standard InChI is InChI=1S/C36H62N2O7/c1-5-6-7-11-31(42)37-18-9-8-10-28(34(44)45)38-32(43)15-12-22(2)25-13-14-26-33-27(21-30(41)36(25,26)4)35(3)17-16-24(39)19-23(35)20-29(33)40/h22-30,33,39-41H,5-21H2,1-4H3,(H,37,42)(H,38,43)(H,44,45)/t22-,23+,24-,25-,26+,27+,28+,29-,30+,33+,35+,36-/m1/s1. The average Bonchev–Trinajstić information content (AvgIpc) is 3.35. The summed E-state index contributed by atoms with van der Waals surface area (Å²) in [6.45, 7) is 9.32. The molecule has 0 heterocycles. The maximum absolute atomic E-state index is 12.9. The lowest BCUT2D eigenvalue weighted by atomic mass is 9.43. The zero-order valence-corrected chi connectivity index (χ0v) is 28.3. The third-order valence-corrected chi connectivity index (χ3v) is 13.2. The maximum atomic E-state index is 12.9. The van der Waals surface area contributed by atoms with Crippen molar-refractivity contribution in [3.8, 4) is 0 Å². The van der Waals surface area contributed by atoms with Crippen LogP contribution in [0.2, 0.25) is 0 Å². The van der Waals surface area contributed by atoms with Gasteiger partial charge in [-0.2, -0.15) is 0 Å². The Morgan fingerprint density at radius 2 is 1.62 bits per heavy atom. The minimum absolute atomic E-state index is 0.0338. The average molecular weight is 635 g/mol. The van der Waals surface area contributed by atoms with Crippen LogP contribution >= 0.6 is 0 Å². The Hall–Kier alpha value is -1.71. The smallest absolute Gasteiger partial charge is 0.326 e. The minimum atomic E-state index is -1.04. The van der Waals surface area contributed by atoms with Crippen LogP contribution in [0.15, 0.2) is 0 Å². The van der Waals surface area contributed by atoms with Crippen LogP contribution in [0, 0.1) is 46.3 Å². The van der Waals surface area contributed by atoms with Gasteiger partial charge in [-0.1, -0.05) is 40.5 Å². The maximum Gasteiger partial charge on any atom is 0.326 e. The van der Waals surface area contributed by atoms with Gasteiger partial charge < -0.3 is 31.1 Å². The molecule has 0 aromatic heterocycles. The van der Waals surface area contributed by atoms with Crippen LogP contribution < -0.4 is 10.6 Å². The number of rotatable bonds is 15. The van der Waals surface area contributed by atoms with E-state index in [1.54, 1.807) is 0 Å². The van der Waals surface area contributed by atoms with E-state index in [-0.39, 0.29) is 64.8 Å². The lowest BCUT2D eigenvalue weighted by molar-refractivity contribution is -0.207. The highest BCUT2D eigenvalue weighted by molar-refractivity contribution is 5.83. The topological polar surface area (TPSA) is 156 Å². The fourth-order valence-corrected chi connectivity index (χ4v) is 10.5. The van der Waals surface area contributed by atoms with Crippen LogP contribution in [0.4, 0.5) is 0 Å². The summed E-state index contributed by atoms with van der Waals surface area (Å²) in [5.41, 5.74) is -0.291. The second-order valence-electron chi connectivity index (χ2n) is 15.8. The summed E-state index contributed by atoms with van der Waals surface area (Å²) in [6, 6.07) is -0.947. The molecule has 9 heteroatoms. The van der Waals surface area contributed by atoms with Crippen LogP contribution in [0.1, 0.15) is 130 Å². The fourth-order valence-electron chi connectivity index (χ4n) is 10.5.